The highest BCUT2D eigenvalue weighted by atomic mass is 16.5. The summed E-state index contributed by atoms with van der Waals surface area (Å²) >= 11 is 0. The summed E-state index contributed by atoms with van der Waals surface area (Å²) in [6.45, 7) is 11.2. The summed E-state index contributed by atoms with van der Waals surface area (Å²) < 4.78 is 9.66. The summed E-state index contributed by atoms with van der Waals surface area (Å²) in [4.78, 5) is 0. The molecule has 0 aliphatic carbocycles. The highest BCUT2D eigenvalue weighted by Crippen LogP contribution is 2.27. The van der Waals surface area contributed by atoms with E-state index < -0.39 is 0 Å². The van der Waals surface area contributed by atoms with Crippen LogP contribution in [0.15, 0.2) is 12.4 Å². The van der Waals surface area contributed by atoms with E-state index in [1.54, 1.807) is 10.9 Å². The second-order valence-corrected chi connectivity index (χ2v) is 5.88. The minimum Gasteiger partial charge on any atom is -0.436 e. The molecule has 0 aromatic carbocycles. The second-order valence-electron chi connectivity index (χ2n) is 5.88. The molecule has 0 fully saturated rings. The fraction of sp³-hybridized carbons (Fsp3) is 0.600. The monoisotopic (exact) mass is 291 g/mol. The van der Waals surface area contributed by atoms with Gasteiger partial charge in [0.2, 0.25) is 5.88 Å². The molecule has 0 spiro atoms. The van der Waals surface area contributed by atoms with Crippen LogP contribution in [0, 0.1) is 6.92 Å². The third kappa shape index (κ3) is 3.64. The van der Waals surface area contributed by atoms with E-state index in [2.05, 4.69) is 43.2 Å². The number of hydrogen-bond donors (Lipinski definition) is 1. The maximum Gasteiger partial charge on any atom is 0.222 e. The van der Waals surface area contributed by atoms with Gasteiger partial charge in [-0.05, 0) is 20.8 Å². The van der Waals surface area contributed by atoms with E-state index in [9.17, 15) is 0 Å². The Balaban J connectivity index is 2.21. The van der Waals surface area contributed by atoms with Crippen molar-refractivity contribution in [3.05, 3.63) is 23.7 Å². The predicted octanol–water partition coefficient (Wildman–Crippen LogP) is 2.80. The van der Waals surface area contributed by atoms with Gasteiger partial charge < -0.3 is 10.1 Å². The third-order valence-electron chi connectivity index (χ3n) is 3.30. The average molecular weight is 291 g/mol. The topological polar surface area (TPSA) is 56.9 Å². The lowest BCUT2D eigenvalue weighted by Gasteiger charge is -2.10. The standard InChI is InChI=1S/C15H25N5O/c1-10(2)16-8-14-12(5)18-19(6)15(14)21-13-7-17-20(9-13)11(3)4/h7,9-11,16H,8H2,1-6H3. The number of aryl methyl sites for hydroxylation is 2. The van der Waals surface area contributed by atoms with Gasteiger partial charge in [-0.3, -0.25) is 4.68 Å². The quantitative estimate of drug-likeness (QED) is 0.889. The molecule has 0 aliphatic heterocycles. The molecule has 2 heterocycles. The van der Waals surface area contributed by atoms with Crippen LogP contribution in [0.2, 0.25) is 0 Å². The largest absolute Gasteiger partial charge is 0.436 e. The van der Waals surface area contributed by atoms with E-state index in [0.717, 1.165) is 29.4 Å². The summed E-state index contributed by atoms with van der Waals surface area (Å²) in [5, 5.41) is 12.2. The van der Waals surface area contributed by atoms with Gasteiger partial charge in [-0.1, -0.05) is 13.8 Å². The summed E-state index contributed by atoms with van der Waals surface area (Å²) in [6.07, 6.45) is 3.65. The SMILES string of the molecule is Cc1nn(C)c(Oc2cnn(C(C)C)c2)c1CNC(C)C. The van der Waals surface area contributed by atoms with Gasteiger partial charge in [0, 0.05) is 25.7 Å². The Morgan fingerprint density at radius 2 is 2.00 bits per heavy atom. The number of rotatable bonds is 6. The molecule has 6 nitrogen and oxygen atoms in total. The van der Waals surface area contributed by atoms with E-state index in [-0.39, 0.29) is 0 Å². The van der Waals surface area contributed by atoms with Gasteiger partial charge in [0.1, 0.15) is 0 Å². The van der Waals surface area contributed by atoms with Crippen molar-refractivity contribution in [2.24, 2.45) is 7.05 Å². The van der Waals surface area contributed by atoms with E-state index >= 15 is 0 Å². The van der Waals surface area contributed by atoms with Gasteiger partial charge in [0.05, 0.1) is 23.7 Å². The first-order valence-corrected chi connectivity index (χ1v) is 7.36. The maximum absolute atomic E-state index is 6.00. The van der Waals surface area contributed by atoms with Crippen LogP contribution in [0.4, 0.5) is 0 Å². The Morgan fingerprint density at radius 1 is 1.29 bits per heavy atom. The first kappa shape index (κ1) is 15.6. The molecule has 1 N–H and O–H groups in total. The summed E-state index contributed by atoms with van der Waals surface area (Å²) in [7, 11) is 1.90. The molecule has 0 amide bonds. The van der Waals surface area contributed by atoms with Gasteiger partial charge in [0.25, 0.3) is 0 Å². The predicted molar refractivity (Wildman–Crippen MR) is 82.6 cm³/mol. The van der Waals surface area contributed by atoms with Crippen molar-refractivity contribution in [3.8, 4) is 11.6 Å². The number of nitrogens with one attached hydrogen (secondary N) is 1. The molecular formula is C15H25N5O. The molecule has 0 bridgehead atoms. The number of ether oxygens (including phenoxy) is 1. The van der Waals surface area contributed by atoms with Crippen LogP contribution in [-0.2, 0) is 13.6 Å². The highest BCUT2D eigenvalue weighted by molar-refractivity contribution is 5.34. The first-order valence-electron chi connectivity index (χ1n) is 7.36. The lowest BCUT2D eigenvalue weighted by molar-refractivity contribution is 0.420. The van der Waals surface area contributed by atoms with Crippen LogP contribution in [0.5, 0.6) is 11.6 Å². The number of hydrogen-bond acceptors (Lipinski definition) is 4. The highest BCUT2D eigenvalue weighted by Gasteiger charge is 2.16. The van der Waals surface area contributed by atoms with Crippen molar-refractivity contribution in [1.29, 1.82) is 0 Å². The van der Waals surface area contributed by atoms with Crippen molar-refractivity contribution < 1.29 is 4.74 Å². The molecule has 2 aromatic heterocycles. The third-order valence-corrected chi connectivity index (χ3v) is 3.30. The minimum atomic E-state index is 0.317. The second kappa shape index (κ2) is 6.30. The Labute approximate surface area is 126 Å². The zero-order valence-corrected chi connectivity index (χ0v) is 13.7. The first-order chi connectivity index (χ1) is 9.88. The lowest BCUT2D eigenvalue weighted by atomic mass is 10.2. The van der Waals surface area contributed by atoms with Crippen LogP contribution in [0.1, 0.15) is 45.0 Å². The van der Waals surface area contributed by atoms with Gasteiger partial charge in [-0.25, -0.2) is 4.68 Å². The molecule has 0 radical (unpaired) electrons. The molecule has 0 saturated heterocycles. The molecule has 116 valence electrons. The Bertz CT molecular complexity index is 597. The molecule has 0 unspecified atom stereocenters. The van der Waals surface area contributed by atoms with Gasteiger partial charge in [-0.15, -0.1) is 0 Å². The summed E-state index contributed by atoms with van der Waals surface area (Å²) in [5.74, 6) is 1.50. The molecule has 0 atom stereocenters. The average Bonchev–Trinajstić information content (AvgIpc) is 2.94. The van der Waals surface area contributed by atoms with Crippen LogP contribution in [0.25, 0.3) is 0 Å². The fourth-order valence-electron chi connectivity index (χ4n) is 2.09. The van der Waals surface area contributed by atoms with Crippen LogP contribution in [0.3, 0.4) is 0 Å². The van der Waals surface area contributed by atoms with E-state index in [1.807, 2.05) is 24.9 Å². The Hall–Kier alpha value is -1.82. The lowest BCUT2D eigenvalue weighted by Crippen LogP contribution is -2.22. The molecule has 21 heavy (non-hydrogen) atoms. The maximum atomic E-state index is 6.00. The van der Waals surface area contributed by atoms with Crippen LogP contribution >= 0.6 is 0 Å². The van der Waals surface area contributed by atoms with Crippen LogP contribution < -0.4 is 10.1 Å². The van der Waals surface area contributed by atoms with Crippen molar-refractivity contribution in [1.82, 2.24) is 24.9 Å². The zero-order chi connectivity index (χ0) is 15.6. The van der Waals surface area contributed by atoms with Gasteiger partial charge >= 0.3 is 0 Å². The molecular weight excluding hydrogens is 266 g/mol. The van der Waals surface area contributed by atoms with E-state index in [1.165, 1.54) is 0 Å². The van der Waals surface area contributed by atoms with Crippen molar-refractivity contribution in [2.75, 3.05) is 0 Å². The van der Waals surface area contributed by atoms with Gasteiger partial charge in [-0.2, -0.15) is 10.2 Å². The molecule has 2 rings (SSSR count). The fourth-order valence-corrected chi connectivity index (χ4v) is 2.09. The molecule has 2 aromatic rings. The molecule has 6 heteroatoms. The zero-order valence-electron chi connectivity index (χ0n) is 13.7. The van der Waals surface area contributed by atoms with Crippen molar-refractivity contribution in [2.45, 2.75) is 53.2 Å². The van der Waals surface area contributed by atoms with Crippen molar-refractivity contribution >= 4 is 0 Å². The smallest absolute Gasteiger partial charge is 0.222 e. The molecule has 0 aliphatic rings. The van der Waals surface area contributed by atoms with E-state index in [0.29, 0.717) is 12.1 Å². The van der Waals surface area contributed by atoms with E-state index in [4.69, 9.17) is 4.74 Å². The number of nitrogens with zero attached hydrogens (tertiary/aromatic N) is 4. The Kier molecular flexibility index (Phi) is 4.67. The summed E-state index contributed by atoms with van der Waals surface area (Å²) in [6, 6.07) is 0.735. The Morgan fingerprint density at radius 3 is 2.57 bits per heavy atom. The minimum absolute atomic E-state index is 0.317. The van der Waals surface area contributed by atoms with Crippen molar-refractivity contribution in [3.63, 3.8) is 0 Å². The van der Waals surface area contributed by atoms with Gasteiger partial charge in [0.15, 0.2) is 5.75 Å². The summed E-state index contributed by atoms with van der Waals surface area (Å²) in [5.41, 5.74) is 2.07. The number of aromatic nitrogens is 4. The normalized spacial score (nSPS) is 11.6. The van der Waals surface area contributed by atoms with Crippen LogP contribution in [-0.4, -0.2) is 25.6 Å². The molecule has 0 saturated carbocycles.